The van der Waals surface area contributed by atoms with Crippen molar-refractivity contribution < 1.29 is 32.1 Å². The van der Waals surface area contributed by atoms with E-state index >= 15 is 13.2 Å². The van der Waals surface area contributed by atoms with Crippen molar-refractivity contribution in [2.75, 3.05) is 49.6 Å². The Labute approximate surface area is 354 Å². The number of benzene rings is 3. The Hall–Kier alpha value is -5.80. The number of rotatable bonds is 13. The van der Waals surface area contributed by atoms with Crippen LogP contribution in [-0.4, -0.2) is 53.9 Å². The molecule has 5 heterocycles. The van der Waals surface area contributed by atoms with Crippen molar-refractivity contribution in [2.24, 2.45) is 10.4 Å². The first kappa shape index (κ1) is 41.0. The molecule has 0 spiro atoms. The average molecular weight is 858 g/mol. The fourth-order valence-corrected chi connectivity index (χ4v) is 8.70. The number of pyridine rings is 2. The number of aryl methyl sites for hydroxylation is 1. The minimum Gasteiger partial charge on any atom is -0.497 e. The number of hydrogen-bond acceptors (Lipinski definition) is 12. The lowest BCUT2D eigenvalue weighted by molar-refractivity contribution is -0.137. The van der Waals surface area contributed by atoms with Gasteiger partial charge in [0.15, 0.2) is 0 Å². The lowest BCUT2D eigenvalue weighted by atomic mass is 9.97. The van der Waals surface area contributed by atoms with Crippen LogP contribution in [0, 0.1) is 12.3 Å². The zero-order chi connectivity index (χ0) is 42.2. The molecule has 16 heteroatoms. The van der Waals surface area contributed by atoms with Gasteiger partial charge in [0, 0.05) is 47.3 Å². The number of nitrogens with one attached hydrogen (secondary N) is 1. The summed E-state index contributed by atoms with van der Waals surface area (Å²) >= 11 is 9.07. The van der Waals surface area contributed by atoms with Crippen molar-refractivity contribution in [3.05, 3.63) is 135 Å². The molecule has 5 aromatic rings. The van der Waals surface area contributed by atoms with Crippen LogP contribution in [0.4, 0.5) is 24.8 Å². The van der Waals surface area contributed by atoms with Gasteiger partial charge in [0.1, 0.15) is 41.4 Å². The molecular weight excluding hydrogens is 815 g/mol. The lowest BCUT2D eigenvalue weighted by Crippen LogP contribution is -2.44. The summed E-state index contributed by atoms with van der Waals surface area (Å²) in [6.45, 7) is 4.92. The molecule has 0 amide bonds. The number of ether oxygens (including phenoxy) is 4. The highest BCUT2D eigenvalue weighted by atomic mass is 35.5. The standard InChI is InChI=1S/C44H43ClF3N7O4S/c1-26-16-34(54(18-27-7-11-30(56-3)12-8-27)19-28-9-13-31(57-4)14-10-28)53-39(37(26)44(46,47)48)32-17-33-36-40(38(32)45)51-25-52-42(36)55(20-29-6-5-15-50-41(29)49)21-35(59-33)58-22-43(2)23-60-24-43/h5-17,21,52H,18-20,22-25H2,1-4H3,(H2,49,50). The van der Waals surface area contributed by atoms with Gasteiger partial charge < -0.3 is 39.8 Å². The Morgan fingerprint density at radius 2 is 1.67 bits per heavy atom. The van der Waals surface area contributed by atoms with E-state index in [-0.39, 0.29) is 57.5 Å². The molecule has 2 aromatic heterocycles. The summed E-state index contributed by atoms with van der Waals surface area (Å²) in [4.78, 5) is 17.6. The first-order valence-corrected chi connectivity index (χ1v) is 20.7. The van der Waals surface area contributed by atoms with Gasteiger partial charge in [0.05, 0.1) is 60.4 Å². The molecule has 11 nitrogen and oxygen atoms in total. The molecule has 0 aliphatic carbocycles. The third kappa shape index (κ3) is 8.46. The molecule has 0 atom stereocenters. The number of nitrogens with zero attached hydrogens (tertiary/aromatic N) is 5. The van der Waals surface area contributed by atoms with Crippen LogP contribution in [0.15, 0.2) is 96.1 Å². The molecular formula is C44H43ClF3N7O4S. The second-order valence-corrected chi connectivity index (χ2v) is 16.6. The molecule has 8 rings (SSSR count). The monoisotopic (exact) mass is 857 g/mol. The minimum atomic E-state index is -4.79. The number of anilines is 2. The van der Waals surface area contributed by atoms with Gasteiger partial charge in [-0.1, -0.05) is 48.9 Å². The number of halogens is 4. The molecule has 1 saturated heterocycles. The SMILES string of the molecule is COc1ccc(CN(Cc2ccc(OC)cc2)c2cc(C)c(C(F)(F)F)c(-c3cc4c5c(c3Cl)=NCNC=5N(Cc3cccnc3N)C=C(OCC3(C)CSC3)O4)n2)cc1. The molecule has 3 N–H and O–H groups in total. The first-order valence-electron chi connectivity index (χ1n) is 19.1. The van der Waals surface area contributed by atoms with Crippen LogP contribution in [0.1, 0.15) is 34.7 Å². The average Bonchev–Trinajstić information content (AvgIpc) is 3.37. The van der Waals surface area contributed by atoms with Gasteiger partial charge in [-0.05, 0) is 66.1 Å². The number of hydrogen-bond donors (Lipinski definition) is 2. The summed E-state index contributed by atoms with van der Waals surface area (Å²) in [6.07, 6.45) is -1.47. The van der Waals surface area contributed by atoms with Crippen LogP contribution in [0.5, 0.6) is 17.2 Å². The maximum Gasteiger partial charge on any atom is 0.418 e. The van der Waals surface area contributed by atoms with Crippen LogP contribution in [0.2, 0.25) is 5.02 Å². The topological polar surface area (TPSA) is 120 Å². The fraction of sp³-hybridized carbons (Fsp3) is 0.295. The highest BCUT2D eigenvalue weighted by Gasteiger charge is 2.39. The summed E-state index contributed by atoms with van der Waals surface area (Å²) in [5.74, 6) is 4.77. The quantitative estimate of drug-likeness (QED) is 0.122. The first-order chi connectivity index (χ1) is 28.8. The van der Waals surface area contributed by atoms with E-state index in [4.69, 9.17) is 46.3 Å². The van der Waals surface area contributed by atoms with Crippen LogP contribution in [-0.2, 0) is 30.5 Å². The predicted octanol–water partition coefficient (Wildman–Crippen LogP) is 7.64. The number of methoxy groups -OCH3 is 2. The van der Waals surface area contributed by atoms with E-state index in [2.05, 4.69) is 17.2 Å². The van der Waals surface area contributed by atoms with Gasteiger partial charge in [-0.15, -0.1) is 0 Å². The van der Waals surface area contributed by atoms with E-state index < -0.39 is 11.7 Å². The summed E-state index contributed by atoms with van der Waals surface area (Å²) in [5, 5.41) is 4.04. The highest BCUT2D eigenvalue weighted by Crippen LogP contribution is 2.43. The van der Waals surface area contributed by atoms with E-state index in [1.165, 1.54) is 19.1 Å². The van der Waals surface area contributed by atoms with Crippen molar-refractivity contribution >= 4 is 40.8 Å². The number of nitrogen functional groups attached to an aromatic ring is 1. The van der Waals surface area contributed by atoms with E-state index in [0.29, 0.717) is 53.9 Å². The molecule has 60 heavy (non-hydrogen) atoms. The van der Waals surface area contributed by atoms with Crippen LogP contribution >= 0.6 is 23.4 Å². The predicted molar refractivity (Wildman–Crippen MR) is 227 cm³/mol. The summed E-state index contributed by atoms with van der Waals surface area (Å²) < 4.78 is 69.6. The van der Waals surface area contributed by atoms with Crippen LogP contribution in [0.3, 0.4) is 0 Å². The van der Waals surface area contributed by atoms with E-state index in [9.17, 15) is 0 Å². The number of aromatic nitrogens is 2. The number of nitrogens with two attached hydrogens (primary N) is 1. The normalized spacial score (nSPS) is 15.3. The van der Waals surface area contributed by atoms with Crippen molar-refractivity contribution in [1.29, 1.82) is 0 Å². The molecule has 3 aromatic carbocycles. The molecule has 0 bridgehead atoms. The minimum absolute atomic E-state index is 0.00743. The molecule has 3 aliphatic heterocycles. The van der Waals surface area contributed by atoms with E-state index in [0.717, 1.165) is 28.2 Å². The van der Waals surface area contributed by atoms with Crippen molar-refractivity contribution in [3.8, 4) is 28.5 Å². The Balaban J connectivity index is 1.29. The molecule has 312 valence electrons. The Kier molecular flexibility index (Phi) is 11.4. The second-order valence-electron chi connectivity index (χ2n) is 15.2. The number of alkyl halides is 3. The summed E-state index contributed by atoms with van der Waals surface area (Å²) in [5.41, 5.74) is 7.45. The number of thioether (sulfide) groups is 1. The molecule has 3 aliphatic rings. The van der Waals surface area contributed by atoms with Gasteiger partial charge in [-0.2, -0.15) is 24.9 Å². The van der Waals surface area contributed by atoms with Crippen molar-refractivity contribution in [3.63, 3.8) is 0 Å². The van der Waals surface area contributed by atoms with Gasteiger partial charge in [-0.3, -0.25) is 4.99 Å². The zero-order valence-corrected chi connectivity index (χ0v) is 35.0. The summed E-state index contributed by atoms with van der Waals surface area (Å²) in [6, 6.07) is 21.6. The largest absolute Gasteiger partial charge is 0.497 e. The van der Waals surface area contributed by atoms with Gasteiger partial charge in [-0.25, -0.2) is 9.97 Å². The molecule has 1 fully saturated rings. The van der Waals surface area contributed by atoms with Crippen molar-refractivity contribution in [1.82, 2.24) is 20.2 Å². The molecule has 0 unspecified atom stereocenters. The van der Waals surface area contributed by atoms with Gasteiger partial charge in [0.2, 0.25) is 0 Å². The zero-order valence-electron chi connectivity index (χ0n) is 33.4. The van der Waals surface area contributed by atoms with Gasteiger partial charge in [0.25, 0.3) is 0 Å². The maximum absolute atomic E-state index is 15.3. The van der Waals surface area contributed by atoms with Crippen LogP contribution < -0.4 is 40.7 Å². The van der Waals surface area contributed by atoms with E-state index in [1.807, 2.05) is 76.2 Å². The molecule has 0 saturated carbocycles. The highest BCUT2D eigenvalue weighted by molar-refractivity contribution is 8.00. The third-order valence-corrected chi connectivity index (χ3v) is 12.7. The second kappa shape index (κ2) is 16.7. The third-order valence-electron chi connectivity index (χ3n) is 10.5. The Bertz CT molecular complexity index is 2520. The van der Waals surface area contributed by atoms with Crippen molar-refractivity contribution in [2.45, 2.75) is 39.7 Å². The summed E-state index contributed by atoms with van der Waals surface area (Å²) in [7, 11) is 3.18. The smallest absolute Gasteiger partial charge is 0.418 e. The Morgan fingerprint density at radius 1 is 1.00 bits per heavy atom. The Morgan fingerprint density at radius 3 is 2.25 bits per heavy atom. The lowest BCUT2D eigenvalue weighted by Gasteiger charge is -2.37. The maximum atomic E-state index is 15.3. The van der Waals surface area contributed by atoms with E-state index in [1.54, 1.807) is 32.7 Å². The van der Waals surface area contributed by atoms with Crippen LogP contribution in [0.25, 0.3) is 17.1 Å². The van der Waals surface area contributed by atoms with Gasteiger partial charge >= 0.3 is 12.1 Å². The fourth-order valence-electron chi connectivity index (χ4n) is 7.33. The molecule has 0 radical (unpaired) electrons.